The minimum absolute atomic E-state index is 0.0692. The highest BCUT2D eigenvalue weighted by atomic mass is 35.5. The Morgan fingerprint density at radius 2 is 2.09 bits per heavy atom. The van der Waals surface area contributed by atoms with Gasteiger partial charge >= 0.3 is 5.97 Å². The molecule has 0 radical (unpaired) electrons. The zero-order valence-electron chi connectivity index (χ0n) is 13.1. The van der Waals surface area contributed by atoms with Crippen LogP contribution in [0.2, 0.25) is 0 Å². The van der Waals surface area contributed by atoms with E-state index in [1.165, 1.54) is 0 Å². The van der Waals surface area contributed by atoms with Crippen molar-refractivity contribution in [1.82, 2.24) is 0 Å². The molecule has 1 N–H and O–H groups in total. The number of rotatable bonds is 5. The number of ether oxygens (including phenoxy) is 1. The number of anilines is 1. The average Bonchev–Trinajstić information content (AvgIpc) is 2.57. The zero-order chi connectivity index (χ0) is 16.8. The highest BCUT2D eigenvalue weighted by molar-refractivity contribution is 6.70. The van der Waals surface area contributed by atoms with Crippen LogP contribution in [0.4, 0.5) is 11.4 Å². The van der Waals surface area contributed by atoms with Crippen LogP contribution in [0.5, 0.6) is 0 Å². The number of fused-ring (bicyclic) bond motifs is 1. The number of hydrogen-bond donors (Lipinski definition) is 1. The first-order valence-corrected chi connectivity index (χ1v) is 7.90. The van der Waals surface area contributed by atoms with Gasteiger partial charge in [-0.1, -0.05) is 50.4 Å². The molecule has 0 bridgehead atoms. The first kappa shape index (κ1) is 17.0. The molecule has 0 spiro atoms. The van der Waals surface area contributed by atoms with Crippen molar-refractivity contribution in [3.63, 3.8) is 0 Å². The lowest BCUT2D eigenvalue weighted by atomic mass is 10.1. The van der Waals surface area contributed by atoms with Crippen LogP contribution in [0.15, 0.2) is 40.5 Å². The molecule has 0 saturated heterocycles. The van der Waals surface area contributed by atoms with E-state index in [-0.39, 0.29) is 29.0 Å². The van der Waals surface area contributed by atoms with Crippen LogP contribution in [-0.2, 0) is 9.53 Å². The second-order valence-corrected chi connectivity index (χ2v) is 5.55. The van der Waals surface area contributed by atoms with Crippen LogP contribution in [-0.4, -0.2) is 17.7 Å². The number of nitrogens with zero attached hydrogens (tertiary/aromatic N) is 2. The molecule has 2 rings (SSSR count). The summed E-state index contributed by atoms with van der Waals surface area (Å²) in [5.74, 6) is -0.400. The molecule has 1 aliphatic rings. The van der Waals surface area contributed by atoms with E-state index in [1.807, 2.05) is 32.0 Å². The maximum absolute atomic E-state index is 12.2. The van der Waals surface area contributed by atoms with E-state index in [0.717, 1.165) is 12.8 Å². The van der Waals surface area contributed by atoms with Crippen molar-refractivity contribution in [3.8, 4) is 6.07 Å². The summed E-state index contributed by atoms with van der Waals surface area (Å²) in [7, 11) is 0. The quantitative estimate of drug-likeness (QED) is 0.500. The minimum Gasteiger partial charge on any atom is -0.461 e. The Morgan fingerprint density at radius 1 is 1.39 bits per heavy atom. The number of benzene rings is 1. The van der Waals surface area contributed by atoms with Gasteiger partial charge in [-0.2, -0.15) is 5.26 Å². The minimum atomic E-state index is -0.686. The molecule has 0 aliphatic carbocycles. The van der Waals surface area contributed by atoms with Crippen LogP contribution in [0.3, 0.4) is 0 Å². The smallest absolute Gasteiger partial charge is 0.351 e. The molecule has 120 valence electrons. The van der Waals surface area contributed by atoms with Crippen molar-refractivity contribution in [2.24, 2.45) is 10.9 Å². The molecular formula is C17H18ClN3O2. The molecule has 0 amide bonds. The second kappa shape index (κ2) is 7.80. The van der Waals surface area contributed by atoms with Crippen LogP contribution >= 0.6 is 11.6 Å². The molecule has 5 nitrogen and oxygen atoms in total. The van der Waals surface area contributed by atoms with Gasteiger partial charge in [-0.25, -0.2) is 9.79 Å². The Bertz CT molecular complexity index is 700. The molecule has 1 aliphatic heterocycles. The summed E-state index contributed by atoms with van der Waals surface area (Å²) < 4.78 is 5.26. The number of nitriles is 1. The lowest BCUT2D eigenvalue weighted by molar-refractivity contribution is -0.140. The van der Waals surface area contributed by atoms with E-state index < -0.39 is 5.97 Å². The zero-order valence-corrected chi connectivity index (χ0v) is 13.9. The third-order valence-electron chi connectivity index (χ3n) is 3.76. The van der Waals surface area contributed by atoms with Gasteiger partial charge in [0.2, 0.25) is 0 Å². The number of carbonyl (C=O) groups excluding carboxylic acids is 1. The van der Waals surface area contributed by atoms with Gasteiger partial charge in [0.15, 0.2) is 10.7 Å². The summed E-state index contributed by atoms with van der Waals surface area (Å²) in [6.07, 6.45) is 1.83. The van der Waals surface area contributed by atoms with Crippen molar-refractivity contribution in [2.75, 3.05) is 11.9 Å². The molecule has 0 unspecified atom stereocenters. The van der Waals surface area contributed by atoms with E-state index in [1.54, 1.807) is 12.1 Å². The van der Waals surface area contributed by atoms with Gasteiger partial charge in [0.25, 0.3) is 0 Å². The monoisotopic (exact) mass is 331 g/mol. The van der Waals surface area contributed by atoms with Crippen LogP contribution in [0.1, 0.15) is 26.7 Å². The lowest BCUT2D eigenvalue weighted by Gasteiger charge is -2.18. The molecule has 23 heavy (non-hydrogen) atoms. The van der Waals surface area contributed by atoms with Crippen molar-refractivity contribution in [2.45, 2.75) is 26.7 Å². The van der Waals surface area contributed by atoms with E-state index in [4.69, 9.17) is 16.3 Å². The van der Waals surface area contributed by atoms with Gasteiger partial charge in [-0.3, -0.25) is 0 Å². The third-order valence-corrected chi connectivity index (χ3v) is 4.03. The normalized spacial score (nSPS) is 15.2. The number of nitrogens with one attached hydrogen (secondary N) is 1. The molecule has 6 heteroatoms. The van der Waals surface area contributed by atoms with Gasteiger partial charge in [0.1, 0.15) is 11.8 Å². The fourth-order valence-electron chi connectivity index (χ4n) is 2.18. The summed E-state index contributed by atoms with van der Waals surface area (Å²) in [4.78, 5) is 16.4. The number of halogens is 1. The van der Waals surface area contributed by atoms with Crippen LogP contribution in [0.25, 0.3) is 0 Å². The number of hydrogen-bond acceptors (Lipinski definition) is 5. The molecule has 0 saturated carbocycles. The Hall–Kier alpha value is -2.32. The second-order valence-electron chi connectivity index (χ2n) is 5.19. The summed E-state index contributed by atoms with van der Waals surface area (Å²) in [5.41, 5.74) is 1.36. The predicted octanol–water partition coefficient (Wildman–Crippen LogP) is 4.14. The average molecular weight is 332 g/mol. The molecule has 0 atom stereocenters. The number of allylic oxidation sites excluding steroid dienone is 1. The summed E-state index contributed by atoms with van der Waals surface area (Å²) >= 11 is 6.12. The van der Waals surface area contributed by atoms with Gasteiger partial charge in [0.05, 0.1) is 18.0 Å². The first-order valence-electron chi connectivity index (χ1n) is 7.52. The van der Waals surface area contributed by atoms with E-state index in [2.05, 4.69) is 10.3 Å². The molecule has 0 fully saturated rings. The van der Waals surface area contributed by atoms with Gasteiger partial charge in [-0.15, -0.1) is 0 Å². The number of carbonyl (C=O) groups is 1. The molecule has 0 aromatic heterocycles. The Labute approximate surface area is 140 Å². The van der Waals surface area contributed by atoms with E-state index >= 15 is 0 Å². The van der Waals surface area contributed by atoms with Crippen molar-refractivity contribution in [3.05, 3.63) is 35.5 Å². The van der Waals surface area contributed by atoms with Crippen LogP contribution in [0, 0.1) is 17.2 Å². The lowest BCUT2D eigenvalue weighted by Crippen LogP contribution is -2.20. The first-order chi connectivity index (χ1) is 11.1. The highest BCUT2D eigenvalue weighted by Gasteiger charge is 2.24. The van der Waals surface area contributed by atoms with Crippen molar-refractivity contribution < 1.29 is 9.53 Å². The van der Waals surface area contributed by atoms with Crippen LogP contribution < -0.4 is 5.32 Å². The summed E-state index contributed by atoms with van der Waals surface area (Å²) in [6.45, 7) is 4.36. The summed E-state index contributed by atoms with van der Waals surface area (Å²) in [5, 5.41) is 12.4. The van der Waals surface area contributed by atoms with Crippen molar-refractivity contribution in [1.29, 1.82) is 5.26 Å². The van der Waals surface area contributed by atoms with Gasteiger partial charge < -0.3 is 10.1 Å². The topological polar surface area (TPSA) is 74.5 Å². The molecular weight excluding hydrogens is 314 g/mol. The SMILES string of the molecule is CCC(CC)COC(=O)/C(C#N)=C1/Nc2ccccc2N=C1Cl. The number of esters is 1. The number of para-hydroxylation sites is 2. The maximum atomic E-state index is 12.2. The fraction of sp³-hybridized carbons (Fsp3) is 0.353. The van der Waals surface area contributed by atoms with Gasteiger partial charge in [-0.05, 0) is 18.1 Å². The Balaban J connectivity index is 2.24. The Kier molecular flexibility index (Phi) is 5.78. The Morgan fingerprint density at radius 3 is 2.74 bits per heavy atom. The molecule has 1 aromatic rings. The number of aliphatic imine (C=N–C) groups is 1. The van der Waals surface area contributed by atoms with E-state index in [9.17, 15) is 10.1 Å². The predicted molar refractivity (Wildman–Crippen MR) is 90.7 cm³/mol. The summed E-state index contributed by atoms with van der Waals surface area (Å²) in [6, 6.07) is 9.12. The molecule has 1 heterocycles. The van der Waals surface area contributed by atoms with E-state index in [0.29, 0.717) is 11.4 Å². The fourth-order valence-corrected chi connectivity index (χ4v) is 2.42. The maximum Gasteiger partial charge on any atom is 0.351 e. The molecule has 1 aromatic carbocycles. The highest BCUT2D eigenvalue weighted by Crippen LogP contribution is 2.32. The third kappa shape index (κ3) is 3.91. The largest absolute Gasteiger partial charge is 0.461 e. The van der Waals surface area contributed by atoms with Crippen molar-refractivity contribution >= 4 is 34.1 Å². The van der Waals surface area contributed by atoms with Gasteiger partial charge in [0, 0.05) is 0 Å². The standard InChI is InChI=1S/C17H18ClN3O2/c1-3-11(4-2)10-23-17(22)12(9-19)15-16(18)21-14-8-6-5-7-13(14)20-15/h5-8,11,20H,3-4,10H2,1-2H3/b15-12+.